The topological polar surface area (TPSA) is 16.1 Å². The van der Waals surface area contributed by atoms with E-state index in [0.29, 0.717) is 0 Å². The average molecular weight is 237 g/mol. The van der Waals surface area contributed by atoms with Crippen molar-refractivity contribution in [3.8, 4) is 0 Å². The second-order valence-electron chi connectivity index (χ2n) is 2.82. The SMILES string of the molecule is CCN(CC)Cc1cccnc1.Cl.Cl. The fraction of sp³-hybridized carbons (Fsp3) is 0.500. The lowest BCUT2D eigenvalue weighted by atomic mass is 10.2. The number of halogens is 2. The van der Waals surface area contributed by atoms with Crippen LogP contribution in [-0.2, 0) is 6.54 Å². The Hall–Kier alpha value is -0.310. The van der Waals surface area contributed by atoms with E-state index in [0.717, 1.165) is 19.6 Å². The van der Waals surface area contributed by atoms with Gasteiger partial charge < -0.3 is 0 Å². The molecule has 0 aliphatic carbocycles. The van der Waals surface area contributed by atoms with Gasteiger partial charge in [-0.05, 0) is 24.7 Å². The van der Waals surface area contributed by atoms with Gasteiger partial charge in [-0.25, -0.2) is 0 Å². The molecule has 14 heavy (non-hydrogen) atoms. The van der Waals surface area contributed by atoms with E-state index in [1.165, 1.54) is 5.56 Å². The molecule has 0 spiro atoms. The Balaban J connectivity index is 0. The summed E-state index contributed by atoms with van der Waals surface area (Å²) < 4.78 is 0. The van der Waals surface area contributed by atoms with E-state index in [-0.39, 0.29) is 24.8 Å². The smallest absolute Gasteiger partial charge is 0.0312 e. The number of hydrogen-bond donors (Lipinski definition) is 0. The standard InChI is InChI=1S/C10H16N2.2ClH/c1-3-12(4-2)9-10-6-5-7-11-8-10;;/h5-8H,3-4,9H2,1-2H3;2*1H. The van der Waals surface area contributed by atoms with Crippen molar-refractivity contribution in [2.75, 3.05) is 13.1 Å². The molecule has 0 aliphatic rings. The molecule has 4 heteroatoms. The third-order valence-electron chi connectivity index (χ3n) is 2.02. The van der Waals surface area contributed by atoms with Crippen LogP contribution in [0.15, 0.2) is 24.5 Å². The molecule has 0 fully saturated rings. The molecule has 0 aromatic carbocycles. The highest BCUT2D eigenvalue weighted by molar-refractivity contribution is 5.85. The predicted molar refractivity (Wildman–Crippen MR) is 65.4 cm³/mol. The van der Waals surface area contributed by atoms with E-state index >= 15 is 0 Å². The number of hydrogen-bond acceptors (Lipinski definition) is 2. The molecule has 0 atom stereocenters. The Labute approximate surface area is 98.5 Å². The van der Waals surface area contributed by atoms with E-state index in [1.807, 2.05) is 18.5 Å². The van der Waals surface area contributed by atoms with Gasteiger partial charge in [0.05, 0.1) is 0 Å². The van der Waals surface area contributed by atoms with Gasteiger partial charge in [-0.3, -0.25) is 9.88 Å². The highest BCUT2D eigenvalue weighted by atomic mass is 35.5. The molecule has 0 unspecified atom stereocenters. The minimum Gasteiger partial charge on any atom is -0.300 e. The summed E-state index contributed by atoms with van der Waals surface area (Å²) in [5, 5.41) is 0. The Morgan fingerprint density at radius 3 is 2.29 bits per heavy atom. The molecule has 0 radical (unpaired) electrons. The second kappa shape index (κ2) is 9.25. The van der Waals surface area contributed by atoms with Crippen LogP contribution in [0, 0.1) is 0 Å². The zero-order valence-electron chi connectivity index (χ0n) is 8.64. The molecule has 1 heterocycles. The number of nitrogens with zero attached hydrogens (tertiary/aromatic N) is 2. The Morgan fingerprint density at radius 1 is 1.21 bits per heavy atom. The van der Waals surface area contributed by atoms with Gasteiger partial charge in [0, 0.05) is 18.9 Å². The van der Waals surface area contributed by atoms with Crippen LogP contribution in [-0.4, -0.2) is 23.0 Å². The van der Waals surface area contributed by atoms with Gasteiger partial charge >= 0.3 is 0 Å². The first-order valence-electron chi connectivity index (χ1n) is 4.48. The largest absolute Gasteiger partial charge is 0.300 e. The van der Waals surface area contributed by atoms with Crippen molar-refractivity contribution in [2.45, 2.75) is 20.4 Å². The minimum atomic E-state index is 0. The van der Waals surface area contributed by atoms with Crippen molar-refractivity contribution >= 4 is 24.8 Å². The molecule has 1 aromatic rings. The lowest BCUT2D eigenvalue weighted by Gasteiger charge is -2.17. The molecule has 0 bridgehead atoms. The zero-order chi connectivity index (χ0) is 8.81. The summed E-state index contributed by atoms with van der Waals surface area (Å²) in [6.07, 6.45) is 3.74. The van der Waals surface area contributed by atoms with Gasteiger partial charge in [-0.2, -0.15) is 0 Å². The van der Waals surface area contributed by atoms with Crippen LogP contribution >= 0.6 is 24.8 Å². The summed E-state index contributed by atoms with van der Waals surface area (Å²) in [4.78, 5) is 6.45. The molecule has 1 aromatic heterocycles. The molecular weight excluding hydrogens is 219 g/mol. The van der Waals surface area contributed by atoms with Crippen molar-refractivity contribution in [1.29, 1.82) is 0 Å². The molecule has 0 saturated carbocycles. The van der Waals surface area contributed by atoms with Gasteiger partial charge in [-0.15, -0.1) is 24.8 Å². The van der Waals surface area contributed by atoms with Crippen LogP contribution < -0.4 is 0 Å². The highest BCUT2D eigenvalue weighted by Crippen LogP contribution is 2.01. The third-order valence-corrected chi connectivity index (χ3v) is 2.02. The summed E-state index contributed by atoms with van der Waals surface area (Å²) >= 11 is 0. The molecule has 0 aliphatic heterocycles. The Kier molecular flexibility index (Phi) is 10.7. The Bertz CT molecular complexity index is 213. The summed E-state index contributed by atoms with van der Waals surface area (Å²) in [5.74, 6) is 0. The zero-order valence-corrected chi connectivity index (χ0v) is 10.3. The summed E-state index contributed by atoms with van der Waals surface area (Å²) in [7, 11) is 0. The molecule has 0 saturated heterocycles. The van der Waals surface area contributed by atoms with Crippen molar-refractivity contribution in [3.05, 3.63) is 30.1 Å². The number of rotatable bonds is 4. The third kappa shape index (κ3) is 5.43. The van der Waals surface area contributed by atoms with Crippen LogP contribution in [0.3, 0.4) is 0 Å². The van der Waals surface area contributed by atoms with E-state index < -0.39 is 0 Å². The van der Waals surface area contributed by atoms with E-state index in [9.17, 15) is 0 Å². The van der Waals surface area contributed by atoms with Crippen molar-refractivity contribution in [2.24, 2.45) is 0 Å². The van der Waals surface area contributed by atoms with Gasteiger partial charge in [-0.1, -0.05) is 19.9 Å². The minimum absolute atomic E-state index is 0. The number of aromatic nitrogens is 1. The van der Waals surface area contributed by atoms with Crippen LogP contribution in [0.25, 0.3) is 0 Å². The first kappa shape index (κ1) is 16.1. The van der Waals surface area contributed by atoms with E-state index in [2.05, 4.69) is 29.8 Å². The van der Waals surface area contributed by atoms with Crippen molar-refractivity contribution in [1.82, 2.24) is 9.88 Å². The van der Waals surface area contributed by atoms with E-state index in [4.69, 9.17) is 0 Å². The average Bonchev–Trinajstić information content (AvgIpc) is 2.16. The lowest BCUT2D eigenvalue weighted by molar-refractivity contribution is 0.295. The van der Waals surface area contributed by atoms with Crippen molar-refractivity contribution < 1.29 is 0 Å². The van der Waals surface area contributed by atoms with Gasteiger partial charge in [0.2, 0.25) is 0 Å². The monoisotopic (exact) mass is 236 g/mol. The molecular formula is C10H18Cl2N2. The fourth-order valence-electron chi connectivity index (χ4n) is 1.20. The second-order valence-corrected chi connectivity index (χ2v) is 2.82. The fourth-order valence-corrected chi connectivity index (χ4v) is 1.20. The molecule has 0 N–H and O–H groups in total. The van der Waals surface area contributed by atoms with Gasteiger partial charge in [0.1, 0.15) is 0 Å². The maximum absolute atomic E-state index is 4.08. The Morgan fingerprint density at radius 2 is 1.86 bits per heavy atom. The number of pyridine rings is 1. The maximum Gasteiger partial charge on any atom is 0.0312 e. The van der Waals surface area contributed by atoms with Crippen LogP contribution in [0.5, 0.6) is 0 Å². The summed E-state index contributed by atoms with van der Waals surface area (Å²) in [6, 6.07) is 4.10. The van der Waals surface area contributed by atoms with Crippen LogP contribution in [0.4, 0.5) is 0 Å². The first-order chi connectivity index (χ1) is 5.86. The van der Waals surface area contributed by atoms with E-state index in [1.54, 1.807) is 0 Å². The molecule has 1 rings (SSSR count). The first-order valence-corrected chi connectivity index (χ1v) is 4.48. The van der Waals surface area contributed by atoms with Crippen molar-refractivity contribution in [3.63, 3.8) is 0 Å². The van der Waals surface area contributed by atoms with Gasteiger partial charge in [0.25, 0.3) is 0 Å². The predicted octanol–water partition coefficient (Wildman–Crippen LogP) is 2.77. The maximum atomic E-state index is 4.08. The van der Waals surface area contributed by atoms with Crippen LogP contribution in [0.2, 0.25) is 0 Å². The normalized spacial score (nSPS) is 9.07. The lowest BCUT2D eigenvalue weighted by Crippen LogP contribution is -2.22. The van der Waals surface area contributed by atoms with Gasteiger partial charge in [0.15, 0.2) is 0 Å². The quantitative estimate of drug-likeness (QED) is 0.800. The summed E-state index contributed by atoms with van der Waals surface area (Å²) in [6.45, 7) is 7.58. The molecule has 82 valence electrons. The highest BCUT2D eigenvalue weighted by Gasteiger charge is 1.99. The summed E-state index contributed by atoms with van der Waals surface area (Å²) in [5.41, 5.74) is 1.29. The molecule has 0 amide bonds. The van der Waals surface area contributed by atoms with Crippen LogP contribution in [0.1, 0.15) is 19.4 Å². The molecule has 2 nitrogen and oxygen atoms in total.